The van der Waals surface area contributed by atoms with Crippen molar-refractivity contribution in [2.45, 2.75) is 19.3 Å². The van der Waals surface area contributed by atoms with Crippen LogP contribution in [0.25, 0.3) is 89.4 Å². The van der Waals surface area contributed by atoms with E-state index in [1.807, 2.05) is 12.1 Å². The maximum atomic E-state index is 5.40. The van der Waals surface area contributed by atoms with Gasteiger partial charge in [-0.2, -0.15) is 0 Å². The quantitative estimate of drug-likeness (QED) is 0.173. The minimum atomic E-state index is -0.198. The van der Waals surface area contributed by atoms with Gasteiger partial charge in [-0.05, 0) is 78.5 Å². The summed E-state index contributed by atoms with van der Waals surface area (Å²) in [5.41, 5.74) is 14.7. The number of hydrogen-bond acceptors (Lipinski definition) is 3. The molecule has 260 valence electrons. The highest BCUT2D eigenvalue weighted by Gasteiger charge is 2.38. The maximum absolute atomic E-state index is 5.40. The third kappa shape index (κ3) is 5.64. The first-order valence-corrected chi connectivity index (χ1v) is 18.9. The minimum Gasteiger partial charge on any atom is -0.208 e. The van der Waals surface area contributed by atoms with Crippen LogP contribution in [-0.2, 0) is 5.41 Å². The van der Waals surface area contributed by atoms with Crippen molar-refractivity contribution in [2.75, 3.05) is 0 Å². The van der Waals surface area contributed by atoms with Crippen LogP contribution in [0.5, 0.6) is 0 Å². The Balaban J connectivity index is 1.24. The molecular weight excluding hydrogens is 667 g/mol. The van der Waals surface area contributed by atoms with E-state index in [-0.39, 0.29) is 5.41 Å². The topological polar surface area (TPSA) is 38.7 Å². The van der Waals surface area contributed by atoms with Gasteiger partial charge in [0.1, 0.15) is 0 Å². The fraction of sp³-hybridized carbons (Fsp3) is 0.0577. The van der Waals surface area contributed by atoms with E-state index < -0.39 is 0 Å². The number of benzene rings is 8. The Labute approximate surface area is 321 Å². The Morgan fingerprint density at radius 3 is 1.47 bits per heavy atom. The van der Waals surface area contributed by atoms with E-state index in [1.165, 1.54) is 27.8 Å². The van der Waals surface area contributed by atoms with E-state index in [4.69, 9.17) is 15.0 Å². The molecule has 1 aliphatic rings. The normalized spacial score (nSPS) is 12.7. The predicted octanol–water partition coefficient (Wildman–Crippen LogP) is 13.3. The number of rotatable bonds is 6. The highest BCUT2D eigenvalue weighted by molar-refractivity contribution is 6.04. The molecule has 0 amide bonds. The summed E-state index contributed by atoms with van der Waals surface area (Å²) in [6.45, 7) is 4.70. The van der Waals surface area contributed by atoms with Crippen molar-refractivity contribution in [2.24, 2.45) is 0 Å². The molecule has 0 saturated carbocycles. The molecule has 0 aliphatic heterocycles. The lowest BCUT2D eigenvalue weighted by Crippen LogP contribution is -2.16. The lowest BCUT2D eigenvalue weighted by molar-refractivity contribution is 0.662. The summed E-state index contributed by atoms with van der Waals surface area (Å²) in [5.74, 6) is 1.91. The SMILES string of the molecule is CC1(C)c2ccccc2-c2cccc(-c3ccc4ccccc4c3-c3nc(-c4cccc(-c5ccccc5)c4)nc(-c4cccc(-c5ccccc5)c4)n3)c21. The molecule has 0 fully saturated rings. The van der Waals surface area contributed by atoms with Crippen LogP contribution in [0.3, 0.4) is 0 Å². The first kappa shape index (κ1) is 32.7. The molecule has 55 heavy (non-hydrogen) atoms. The van der Waals surface area contributed by atoms with Crippen LogP contribution in [0.1, 0.15) is 25.0 Å². The highest BCUT2D eigenvalue weighted by atomic mass is 15.0. The van der Waals surface area contributed by atoms with Crippen LogP contribution < -0.4 is 0 Å². The van der Waals surface area contributed by atoms with Crippen LogP contribution in [0.2, 0.25) is 0 Å². The molecule has 1 aliphatic carbocycles. The summed E-state index contributed by atoms with van der Waals surface area (Å²) in [7, 11) is 0. The Morgan fingerprint density at radius 1 is 0.345 bits per heavy atom. The zero-order valence-electron chi connectivity index (χ0n) is 30.7. The average molecular weight is 704 g/mol. The van der Waals surface area contributed by atoms with Gasteiger partial charge in [0, 0.05) is 22.1 Å². The Morgan fingerprint density at radius 2 is 0.818 bits per heavy atom. The van der Waals surface area contributed by atoms with Crippen LogP contribution in [-0.4, -0.2) is 15.0 Å². The van der Waals surface area contributed by atoms with Gasteiger partial charge in [-0.15, -0.1) is 0 Å². The molecule has 0 saturated heterocycles. The van der Waals surface area contributed by atoms with Gasteiger partial charge in [0.2, 0.25) is 0 Å². The smallest absolute Gasteiger partial charge is 0.165 e. The third-order valence-electron chi connectivity index (χ3n) is 11.1. The molecule has 9 aromatic rings. The van der Waals surface area contributed by atoms with Gasteiger partial charge >= 0.3 is 0 Å². The fourth-order valence-corrected chi connectivity index (χ4v) is 8.49. The van der Waals surface area contributed by atoms with Gasteiger partial charge in [-0.1, -0.05) is 190 Å². The molecule has 3 heteroatoms. The predicted molar refractivity (Wildman–Crippen MR) is 228 cm³/mol. The van der Waals surface area contributed by atoms with E-state index in [1.54, 1.807) is 0 Å². The van der Waals surface area contributed by atoms with Crippen LogP contribution in [0.4, 0.5) is 0 Å². The summed E-state index contributed by atoms with van der Waals surface area (Å²) in [6.07, 6.45) is 0. The summed E-state index contributed by atoms with van der Waals surface area (Å²) < 4.78 is 0. The van der Waals surface area contributed by atoms with E-state index in [0.29, 0.717) is 17.5 Å². The monoisotopic (exact) mass is 703 g/mol. The zero-order valence-corrected chi connectivity index (χ0v) is 30.7. The molecule has 0 spiro atoms. The zero-order chi connectivity index (χ0) is 36.9. The second kappa shape index (κ2) is 13.2. The van der Waals surface area contributed by atoms with Crippen LogP contribution >= 0.6 is 0 Å². The Kier molecular flexibility index (Phi) is 7.81. The lowest BCUT2D eigenvalue weighted by atomic mass is 9.78. The van der Waals surface area contributed by atoms with Crippen molar-refractivity contribution in [3.63, 3.8) is 0 Å². The highest BCUT2D eigenvalue weighted by Crippen LogP contribution is 2.53. The fourth-order valence-electron chi connectivity index (χ4n) is 8.49. The lowest BCUT2D eigenvalue weighted by Gasteiger charge is -2.25. The summed E-state index contributed by atoms with van der Waals surface area (Å²) in [6, 6.07) is 66.6. The number of hydrogen-bond donors (Lipinski definition) is 0. The van der Waals surface area contributed by atoms with Gasteiger partial charge in [0.05, 0.1) is 0 Å². The Bertz CT molecular complexity index is 2790. The maximum Gasteiger partial charge on any atom is 0.165 e. The first-order valence-electron chi connectivity index (χ1n) is 18.9. The van der Waals surface area contributed by atoms with Crippen molar-refractivity contribution >= 4 is 10.8 Å². The summed E-state index contributed by atoms with van der Waals surface area (Å²) in [4.78, 5) is 16.0. The second-order valence-corrected chi connectivity index (χ2v) is 14.8. The summed E-state index contributed by atoms with van der Waals surface area (Å²) in [5, 5.41) is 2.24. The molecule has 0 N–H and O–H groups in total. The van der Waals surface area contributed by atoms with Crippen molar-refractivity contribution in [3.05, 3.63) is 199 Å². The van der Waals surface area contributed by atoms with Crippen molar-refractivity contribution < 1.29 is 0 Å². The van der Waals surface area contributed by atoms with Crippen LogP contribution in [0, 0.1) is 0 Å². The van der Waals surface area contributed by atoms with Crippen molar-refractivity contribution in [1.82, 2.24) is 15.0 Å². The first-order chi connectivity index (χ1) is 27.0. The van der Waals surface area contributed by atoms with Gasteiger partial charge in [-0.3, -0.25) is 0 Å². The van der Waals surface area contributed by atoms with E-state index in [9.17, 15) is 0 Å². The van der Waals surface area contributed by atoms with Crippen LogP contribution in [0.15, 0.2) is 188 Å². The molecule has 0 unspecified atom stereocenters. The number of aromatic nitrogens is 3. The molecule has 1 aromatic heterocycles. The Hall–Kier alpha value is -6.97. The average Bonchev–Trinajstić information content (AvgIpc) is 3.50. The molecule has 0 bridgehead atoms. The minimum absolute atomic E-state index is 0.198. The number of nitrogens with zero attached hydrogens (tertiary/aromatic N) is 3. The van der Waals surface area contributed by atoms with Crippen molar-refractivity contribution in [3.8, 4) is 78.7 Å². The van der Waals surface area contributed by atoms with Crippen molar-refractivity contribution in [1.29, 1.82) is 0 Å². The van der Waals surface area contributed by atoms with E-state index in [0.717, 1.165) is 55.3 Å². The van der Waals surface area contributed by atoms with Gasteiger partial charge < -0.3 is 0 Å². The van der Waals surface area contributed by atoms with E-state index >= 15 is 0 Å². The third-order valence-corrected chi connectivity index (χ3v) is 11.1. The molecule has 1 heterocycles. The summed E-state index contributed by atoms with van der Waals surface area (Å²) >= 11 is 0. The largest absolute Gasteiger partial charge is 0.208 e. The standard InChI is InChI=1S/C52H37N3/c1-52(2)46-29-12-11-26-42(46)44-27-15-28-45(48(44)52)43-31-30-36-20-9-10-25-41(36)47(43)51-54-49(39-23-13-21-37(32-39)34-16-5-3-6-17-34)53-50(55-51)40-24-14-22-38(33-40)35-18-7-4-8-19-35/h3-33H,1-2H3. The van der Waals surface area contributed by atoms with Gasteiger partial charge in [-0.25, -0.2) is 15.0 Å². The van der Waals surface area contributed by atoms with Gasteiger partial charge in [0.25, 0.3) is 0 Å². The molecule has 8 aromatic carbocycles. The van der Waals surface area contributed by atoms with E-state index in [2.05, 4.69) is 190 Å². The molecule has 0 radical (unpaired) electrons. The number of fused-ring (bicyclic) bond motifs is 4. The molecular formula is C52H37N3. The second-order valence-electron chi connectivity index (χ2n) is 14.8. The molecule has 0 atom stereocenters. The van der Waals surface area contributed by atoms with Gasteiger partial charge in [0.15, 0.2) is 17.5 Å². The molecule has 10 rings (SSSR count). The molecule has 3 nitrogen and oxygen atoms in total.